The molecule has 2 fully saturated rings. The predicted octanol–water partition coefficient (Wildman–Crippen LogP) is 4.06. The van der Waals surface area contributed by atoms with Gasteiger partial charge in [0.1, 0.15) is 11.5 Å². The Kier molecular flexibility index (Phi) is 5.92. The summed E-state index contributed by atoms with van der Waals surface area (Å²) in [5.74, 6) is -0.865. The number of rotatable bonds is 5. The number of carbonyl (C=O) groups excluding carboxylic acids is 2. The molecule has 0 radical (unpaired) electrons. The molecular weight excluding hydrogens is 450 g/mol. The fourth-order valence-electron chi connectivity index (χ4n) is 3.97. The number of methoxy groups -OCH3 is 1. The standard InChI is InChI=1S/C23H22BrNO5/c1-29-17-10-6-15(7-11-17)21(26)19-20(14-4-8-16(24)9-5-14)25(23(28)22(19)27)13-18-3-2-12-30-18/h4-11,18,20,26H,2-3,12-13H2,1H3/b21-19+/t18-,20-/m0/s1. The van der Waals surface area contributed by atoms with E-state index in [4.69, 9.17) is 9.47 Å². The van der Waals surface area contributed by atoms with Crippen LogP contribution in [0.15, 0.2) is 58.6 Å². The molecule has 0 aromatic heterocycles. The number of aliphatic hydroxyl groups excluding tert-OH is 1. The van der Waals surface area contributed by atoms with E-state index in [1.807, 2.05) is 24.3 Å². The van der Waals surface area contributed by atoms with Gasteiger partial charge in [-0.15, -0.1) is 0 Å². The van der Waals surface area contributed by atoms with Gasteiger partial charge in [-0.25, -0.2) is 0 Å². The highest BCUT2D eigenvalue weighted by atomic mass is 79.9. The van der Waals surface area contributed by atoms with Crippen LogP contribution in [0.3, 0.4) is 0 Å². The first-order valence-electron chi connectivity index (χ1n) is 9.79. The number of aliphatic hydroxyl groups is 1. The first-order valence-corrected chi connectivity index (χ1v) is 10.6. The van der Waals surface area contributed by atoms with Crippen LogP contribution in [0.1, 0.15) is 30.0 Å². The maximum atomic E-state index is 13.0. The number of nitrogens with zero attached hydrogens (tertiary/aromatic N) is 1. The minimum Gasteiger partial charge on any atom is -0.507 e. The second-order valence-corrected chi connectivity index (χ2v) is 8.28. The maximum Gasteiger partial charge on any atom is 0.295 e. The third kappa shape index (κ3) is 3.87. The zero-order valence-electron chi connectivity index (χ0n) is 16.5. The van der Waals surface area contributed by atoms with E-state index in [9.17, 15) is 14.7 Å². The van der Waals surface area contributed by atoms with Crippen molar-refractivity contribution in [2.75, 3.05) is 20.3 Å². The van der Waals surface area contributed by atoms with Crippen molar-refractivity contribution in [3.8, 4) is 5.75 Å². The highest BCUT2D eigenvalue weighted by molar-refractivity contribution is 9.10. The molecule has 6 nitrogen and oxygen atoms in total. The van der Waals surface area contributed by atoms with E-state index in [1.165, 1.54) is 4.90 Å². The number of benzene rings is 2. The fraction of sp³-hybridized carbons (Fsp3) is 0.304. The van der Waals surface area contributed by atoms with Crippen LogP contribution in [0.2, 0.25) is 0 Å². The quantitative estimate of drug-likeness (QED) is 0.404. The summed E-state index contributed by atoms with van der Waals surface area (Å²) in [5.41, 5.74) is 1.30. The van der Waals surface area contributed by atoms with E-state index in [0.717, 1.165) is 22.9 Å². The first-order chi connectivity index (χ1) is 14.5. The Hall–Kier alpha value is -2.64. The van der Waals surface area contributed by atoms with Gasteiger partial charge in [0.15, 0.2) is 0 Å². The Bertz CT molecular complexity index is 978. The smallest absolute Gasteiger partial charge is 0.295 e. The van der Waals surface area contributed by atoms with Crippen molar-refractivity contribution in [2.24, 2.45) is 0 Å². The first kappa shape index (κ1) is 20.6. The maximum absolute atomic E-state index is 13.0. The van der Waals surface area contributed by atoms with Gasteiger partial charge in [-0.3, -0.25) is 9.59 Å². The number of amides is 1. The normalized spacial score (nSPS) is 23.2. The molecule has 1 N–H and O–H groups in total. The molecule has 0 aliphatic carbocycles. The average Bonchev–Trinajstić information content (AvgIpc) is 3.36. The van der Waals surface area contributed by atoms with E-state index in [0.29, 0.717) is 24.5 Å². The van der Waals surface area contributed by atoms with Gasteiger partial charge in [-0.1, -0.05) is 28.1 Å². The third-order valence-corrected chi connectivity index (χ3v) is 6.04. The minimum absolute atomic E-state index is 0.0884. The average molecular weight is 472 g/mol. The number of ketones is 1. The van der Waals surface area contributed by atoms with Crippen molar-refractivity contribution < 1.29 is 24.2 Å². The van der Waals surface area contributed by atoms with Gasteiger partial charge in [-0.05, 0) is 54.8 Å². The Morgan fingerprint density at radius 3 is 2.47 bits per heavy atom. The summed E-state index contributed by atoms with van der Waals surface area (Å²) in [4.78, 5) is 27.5. The van der Waals surface area contributed by atoms with Gasteiger partial charge in [-0.2, -0.15) is 0 Å². The summed E-state index contributed by atoms with van der Waals surface area (Å²) in [7, 11) is 1.55. The number of carbonyl (C=O) groups is 2. The molecule has 2 aromatic rings. The van der Waals surface area contributed by atoms with Gasteiger partial charge >= 0.3 is 0 Å². The van der Waals surface area contributed by atoms with Crippen molar-refractivity contribution >= 4 is 33.4 Å². The van der Waals surface area contributed by atoms with Gasteiger partial charge in [0.25, 0.3) is 11.7 Å². The second-order valence-electron chi connectivity index (χ2n) is 7.37. The van der Waals surface area contributed by atoms with Gasteiger partial charge in [0, 0.05) is 23.2 Å². The Morgan fingerprint density at radius 1 is 1.17 bits per heavy atom. The summed E-state index contributed by atoms with van der Waals surface area (Å²) in [5, 5.41) is 11.0. The Balaban J connectivity index is 1.80. The number of likely N-dealkylation sites (tertiary alicyclic amines) is 1. The zero-order chi connectivity index (χ0) is 21.3. The van der Waals surface area contributed by atoms with E-state index in [-0.39, 0.29) is 17.4 Å². The second kappa shape index (κ2) is 8.62. The Labute approximate surface area is 183 Å². The highest BCUT2D eigenvalue weighted by Gasteiger charge is 2.47. The minimum atomic E-state index is -0.686. The molecule has 4 rings (SSSR count). The van der Waals surface area contributed by atoms with Crippen molar-refractivity contribution in [3.05, 3.63) is 69.7 Å². The number of hydrogen-bond donors (Lipinski definition) is 1. The van der Waals surface area contributed by atoms with E-state index in [2.05, 4.69) is 15.9 Å². The lowest BCUT2D eigenvalue weighted by Gasteiger charge is -2.27. The molecule has 2 atom stereocenters. The van der Waals surface area contributed by atoms with E-state index >= 15 is 0 Å². The summed E-state index contributed by atoms with van der Waals surface area (Å²) < 4.78 is 11.7. The van der Waals surface area contributed by atoms with Gasteiger partial charge < -0.3 is 19.5 Å². The van der Waals surface area contributed by atoms with E-state index in [1.54, 1.807) is 31.4 Å². The van der Waals surface area contributed by atoms with Gasteiger partial charge in [0.05, 0.1) is 24.8 Å². The molecule has 0 unspecified atom stereocenters. The number of hydrogen-bond acceptors (Lipinski definition) is 5. The molecule has 0 bridgehead atoms. The molecule has 0 spiro atoms. The highest BCUT2D eigenvalue weighted by Crippen LogP contribution is 2.40. The number of halogens is 1. The number of Topliss-reactive ketones (excluding diaryl/α,β-unsaturated/α-hetero) is 1. The van der Waals surface area contributed by atoms with Crippen LogP contribution in [0, 0.1) is 0 Å². The van der Waals surface area contributed by atoms with E-state index < -0.39 is 17.7 Å². The molecule has 2 aliphatic heterocycles. The van der Waals surface area contributed by atoms with Crippen LogP contribution in [0.25, 0.3) is 5.76 Å². The monoisotopic (exact) mass is 471 g/mol. The van der Waals surface area contributed by atoms with Crippen molar-refractivity contribution in [1.29, 1.82) is 0 Å². The molecule has 30 heavy (non-hydrogen) atoms. The molecule has 2 aliphatic rings. The SMILES string of the molecule is COc1ccc(/C(O)=C2\C(=O)C(=O)N(C[C@@H]3CCCO3)[C@H]2c2ccc(Br)cc2)cc1. The molecule has 2 heterocycles. The molecule has 156 valence electrons. The van der Waals surface area contributed by atoms with Crippen molar-refractivity contribution in [3.63, 3.8) is 0 Å². The summed E-state index contributed by atoms with van der Waals surface area (Å²) in [6, 6.07) is 13.5. The van der Waals surface area contributed by atoms with Crippen LogP contribution in [-0.4, -0.2) is 48.1 Å². The van der Waals surface area contributed by atoms with Crippen LogP contribution in [0.4, 0.5) is 0 Å². The molecule has 7 heteroatoms. The fourth-order valence-corrected chi connectivity index (χ4v) is 4.24. The van der Waals surface area contributed by atoms with Crippen molar-refractivity contribution in [2.45, 2.75) is 25.0 Å². The van der Waals surface area contributed by atoms with Crippen LogP contribution >= 0.6 is 15.9 Å². The summed E-state index contributed by atoms with van der Waals surface area (Å²) in [6.07, 6.45) is 1.67. The molecule has 1 amide bonds. The molecular formula is C23H22BrNO5. The van der Waals surface area contributed by atoms with Crippen LogP contribution < -0.4 is 4.74 Å². The molecule has 0 saturated carbocycles. The molecule has 2 saturated heterocycles. The van der Waals surface area contributed by atoms with Crippen LogP contribution in [-0.2, 0) is 14.3 Å². The lowest BCUT2D eigenvalue weighted by Crippen LogP contribution is -2.36. The predicted molar refractivity (Wildman–Crippen MR) is 115 cm³/mol. The number of ether oxygens (including phenoxy) is 2. The third-order valence-electron chi connectivity index (χ3n) is 5.51. The lowest BCUT2D eigenvalue weighted by molar-refractivity contribution is -0.140. The van der Waals surface area contributed by atoms with Crippen molar-refractivity contribution in [1.82, 2.24) is 4.90 Å². The zero-order valence-corrected chi connectivity index (χ0v) is 18.1. The summed E-state index contributed by atoms with van der Waals surface area (Å²) in [6.45, 7) is 0.966. The Morgan fingerprint density at radius 2 is 1.87 bits per heavy atom. The topological polar surface area (TPSA) is 76.1 Å². The summed E-state index contributed by atoms with van der Waals surface area (Å²) >= 11 is 3.42. The van der Waals surface area contributed by atoms with Crippen LogP contribution in [0.5, 0.6) is 5.75 Å². The largest absolute Gasteiger partial charge is 0.507 e. The molecule has 2 aromatic carbocycles. The van der Waals surface area contributed by atoms with Gasteiger partial charge in [0.2, 0.25) is 0 Å². The lowest BCUT2D eigenvalue weighted by atomic mass is 9.95.